The molecule has 0 aromatic carbocycles. The lowest BCUT2D eigenvalue weighted by molar-refractivity contribution is -0.123. The molecule has 1 amide bonds. The molecule has 4 rings (SSSR count). The van der Waals surface area contributed by atoms with Gasteiger partial charge in [0.15, 0.2) is 0 Å². The fourth-order valence-corrected chi connectivity index (χ4v) is 3.50. The Bertz CT molecular complexity index is 700. The smallest absolute Gasteiger partial charge is 0.223 e. The van der Waals surface area contributed by atoms with Crippen molar-refractivity contribution in [2.75, 3.05) is 0 Å². The van der Waals surface area contributed by atoms with E-state index in [4.69, 9.17) is 0 Å². The highest BCUT2D eigenvalue weighted by molar-refractivity contribution is 5.82. The highest BCUT2D eigenvalue weighted by Crippen LogP contribution is 2.65. The van der Waals surface area contributed by atoms with Crippen molar-refractivity contribution < 1.29 is 4.79 Å². The largest absolute Gasteiger partial charge is 0.352 e. The Balaban J connectivity index is 1.36. The fraction of sp³-hybridized carbons (Fsp3) is 0.471. The summed E-state index contributed by atoms with van der Waals surface area (Å²) in [5.74, 6) is 2.24. The maximum atomic E-state index is 12.1. The van der Waals surface area contributed by atoms with Crippen molar-refractivity contribution in [2.24, 2.45) is 11.3 Å². The standard InChI is InChI=1S/C17H20N4O/c1-12-18-7-8-21(12)15-4-3-13(10-19-15)11-20-16(22)14-9-17(14)5-2-6-17/h3-4,7-8,10,14H,2,5-6,9,11H2,1H3,(H,20,22). The number of rotatable bonds is 4. The second-order valence-corrected chi connectivity index (χ2v) is 6.56. The van der Waals surface area contributed by atoms with Gasteiger partial charge in [-0.05, 0) is 43.2 Å². The molecule has 1 spiro atoms. The summed E-state index contributed by atoms with van der Waals surface area (Å²) >= 11 is 0. The topological polar surface area (TPSA) is 59.8 Å². The zero-order valence-corrected chi connectivity index (χ0v) is 12.7. The highest BCUT2D eigenvalue weighted by Gasteiger charge is 2.60. The third-order valence-corrected chi connectivity index (χ3v) is 5.20. The van der Waals surface area contributed by atoms with Crippen LogP contribution in [0.4, 0.5) is 0 Å². The van der Waals surface area contributed by atoms with Crippen LogP contribution >= 0.6 is 0 Å². The number of pyridine rings is 1. The maximum absolute atomic E-state index is 12.1. The number of nitrogens with one attached hydrogen (secondary N) is 1. The lowest BCUT2D eigenvalue weighted by Crippen LogP contribution is -2.29. The molecular formula is C17H20N4O. The average Bonchev–Trinajstić information content (AvgIpc) is 3.15. The Kier molecular flexibility index (Phi) is 3.03. The van der Waals surface area contributed by atoms with Gasteiger partial charge >= 0.3 is 0 Å². The molecule has 5 nitrogen and oxygen atoms in total. The van der Waals surface area contributed by atoms with Crippen molar-refractivity contribution in [3.8, 4) is 5.82 Å². The number of nitrogens with zero attached hydrogens (tertiary/aromatic N) is 3. The van der Waals surface area contributed by atoms with Gasteiger partial charge in [-0.2, -0.15) is 0 Å². The molecule has 2 saturated carbocycles. The predicted molar refractivity (Wildman–Crippen MR) is 82.3 cm³/mol. The lowest BCUT2D eigenvalue weighted by atomic mass is 9.80. The van der Waals surface area contributed by atoms with Gasteiger partial charge in [0, 0.05) is 31.1 Å². The number of aromatic nitrogens is 3. The van der Waals surface area contributed by atoms with E-state index in [0.717, 1.165) is 23.6 Å². The van der Waals surface area contributed by atoms with Crippen LogP contribution in [0.5, 0.6) is 0 Å². The van der Waals surface area contributed by atoms with E-state index in [2.05, 4.69) is 15.3 Å². The molecule has 1 unspecified atom stereocenters. The van der Waals surface area contributed by atoms with E-state index in [1.165, 1.54) is 19.3 Å². The highest BCUT2D eigenvalue weighted by atomic mass is 16.2. The first kappa shape index (κ1) is 13.5. The fourth-order valence-electron chi connectivity index (χ4n) is 3.50. The van der Waals surface area contributed by atoms with Crippen LogP contribution in [0.2, 0.25) is 0 Å². The van der Waals surface area contributed by atoms with Crippen molar-refractivity contribution in [3.63, 3.8) is 0 Å². The molecule has 2 aliphatic rings. The first-order chi connectivity index (χ1) is 10.7. The number of hydrogen-bond acceptors (Lipinski definition) is 3. The molecule has 114 valence electrons. The van der Waals surface area contributed by atoms with Gasteiger partial charge in [0.1, 0.15) is 11.6 Å². The van der Waals surface area contributed by atoms with Gasteiger partial charge in [0.25, 0.3) is 0 Å². The number of carbonyl (C=O) groups is 1. The second kappa shape index (κ2) is 4.93. The Morgan fingerprint density at radius 2 is 2.27 bits per heavy atom. The van der Waals surface area contributed by atoms with Gasteiger partial charge in [0.05, 0.1) is 0 Å². The molecule has 22 heavy (non-hydrogen) atoms. The number of imidazole rings is 1. The summed E-state index contributed by atoms with van der Waals surface area (Å²) in [6, 6.07) is 3.97. The molecule has 0 radical (unpaired) electrons. The summed E-state index contributed by atoms with van der Waals surface area (Å²) in [5.41, 5.74) is 1.42. The van der Waals surface area contributed by atoms with Crippen LogP contribution in [0.1, 0.15) is 37.1 Å². The number of hydrogen-bond donors (Lipinski definition) is 1. The van der Waals surface area contributed by atoms with Crippen LogP contribution in [-0.4, -0.2) is 20.4 Å². The SMILES string of the molecule is Cc1nccn1-c1ccc(CNC(=O)C2CC23CCC3)cn1. The van der Waals surface area contributed by atoms with Crippen molar-refractivity contribution >= 4 is 5.91 Å². The van der Waals surface area contributed by atoms with Gasteiger partial charge in [-0.1, -0.05) is 12.5 Å². The quantitative estimate of drug-likeness (QED) is 0.942. The minimum atomic E-state index is 0.217. The van der Waals surface area contributed by atoms with Crippen molar-refractivity contribution in [1.29, 1.82) is 0 Å². The van der Waals surface area contributed by atoms with E-state index in [0.29, 0.717) is 12.0 Å². The molecular weight excluding hydrogens is 276 g/mol. The zero-order chi connectivity index (χ0) is 15.2. The number of amides is 1. The Labute approximate surface area is 129 Å². The monoisotopic (exact) mass is 296 g/mol. The Morgan fingerprint density at radius 3 is 2.82 bits per heavy atom. The summed E-state index contributed by atoms with van der Waals surface area (Å²) in [4.78, 5) is 20.8. The Hall–Kier alpha value is -2.17. The molecule has 2 aromatic rings. The zero-order valence-electron chi connectivity index (χ0n) is 12.7. The second-order valence-electron chi connectivity index (χ2n) is 6.56. The third kappa shape index (κ3) is 2.21. The van der Waals surface area contributed by atoms with E-state index >= 15 is 0 Å². The van der Waals surface area contributed by atoms with Crippen molar-refractivity contribution in [1.82, 2.24) is 19.9 Å². The Morgan fingerprint density at radius 1 is 1.41 bits per heavy atom. The van der Waals surface area contributed by atoms with E-state index in [9.17, 15) is 4.79 Å². The third-order valence-electron chi connectivity index (χ3n) is 5.20. The van der Waals surface area contributed by atoms with E-state index in [1.54, 1.807) is 6.20 Å². The van der Waals surface area contributed by atoms with Crippen molar-refractivity contribution in [2.45, 2.75) is 39.2 Å². The number of carbonyl (C=O) groups excluding carboxylic acids is 1. The molecule has 2 heterocycles. The predicted octanol–water partition coefficient (Wildman–Crippen LogP) is 2.38. The van der Waals surface area contributed by atoms with Gasteiger partial charge in [0.2, 0.25) is 5.91 Å². The molecule has 0 aliphatic heterocycles. The molecule has 0 bridgehead atoms. The van der Waals surface area contributed by atoms with Crippen LogP contribution in [0.15, 0.2) is 30.7 Å². The molecule has 1 N–H and O–H groups in total. The van der Waals surface area contributed by atoms with Gasteiger partial charge in [-0.25, -0.2) is 9.97 Å². The molecule has 1 atom stereocenters. The summed E-state index contributed by atoms with van der Waals surface area (Å²) in [5, 5.41) is 3.05. The average molecular weight is 296 g/mol. The van der Waals surface area contributed by atoms with Gasteiger partial charge < -0.3 is 5.32 Å². The van der Waals surface area contributed by atoms with Crippen molar-refractivity contribution in [3.05, 3.63) is 42.1 Å². The van der Waals surface area contributed by atoms with E-state index in [-0.39, 0.29) is 11.8 Å². The number of aryl methyl sites for hydroxylation is 1. The van der Waals surface area contributed by atoms with Crippen LogP contribution in [-0.2, 0) is 11.3 Å². The minimum Gasteiger partial charge on any atom is -0.352 e. The summed E-state index contributed by atoms with van der Waals surface area (Å²) < 4.78 is 1.94. The summed E-state index contributed by atoms with van der Waals surface area (Å²) in [6.07, 6.45) is 10.3. The molecule has 2 aromatic heterocycles. The molecule has 2 fully saturated rings. The maximum Gasteiger partial charge on any atom is 0.223 e. The molecule has 2 aliphatic carbocycles. The normalized spacial score (nSPS) is 21.4. The van der Waals surface area contributed by atoms with E-state index < -0.39 is 0 Å². The van der Waals surface area contributed by atoms with Crippen LogP contribution in [0, 0.1) is 18.3 Å². The molecule has 5 heteroatoms. The minimum absolute atomic E-state index is 0.217. The first-order valence-electron chi connectivity index (χ1n) is 7.91. The lowest BCUT2D eigenvalue weighted by Gasteiger charge is -2.26. The van der Waals surface area contributed by atoms with Crippen LogP contribution in [0.25, 0.3) is 5.82 Å². The van der Waals surface area contributed by atoms with Gasteiger partial charge in [-0.15, -0.1) is 0 Å². The van der Waals surface area contributed by atoms with Crippen LogP contribution in [0.3, 0.4) is 0 Å². The van der Waals surface area contributed by atoms with E-state index in [1.807, 2.05) is 36.0 Å². The summed E-state index contributed by atoms with van der Waals surface area (Å²) in [7, 11) is 0. The molecule has 0 saturated heterocycles. The van der Waals surface area contributed by atoms with Gasteiger partial charge in [-0.3, -0.25) is 9.36 Å². The van der Waals surface area contributed by atoms with Crippen LogP contribution < -0.4 is 5.32 Å². The summed E-state index contributed by atoms with van der Waals surface area (Å²) in [6.45, 7) is 2.50. The first-order valence-corrected chi connectivity index (χ1v) is 7.91.